The van der Waals surface area contributed by atoms with Gasteiger partial charge in [0.05, 0.1) is 32.9 Å². The summed E-state index contributed by atoms with van der Waals surface area (Å²) in [6.45, 7) is 5.63. The second-order valence-electron chi connectivity index (χ2n) is 10.2. The first kappa shape index (κ1) is 30.3. The number of nitrogens with two attached hydrogens (primary N) is 1. The van der Waals surface area contributed by atoms with Crippen LogP contribution in [-0.2, 0) is 16.4 Å². The summed E-state index contributed by atoms with van der Waals surface area (Å²) >= 11 is 13.0. The number of anilines is 2. The number of halogens is 2. The summed E-state index contributed by atoms with van der Waals surface area (Å²) in [6.07, 6.45) is 5.37. The van der Waals surface area contributed by atoms with E-state index in [0.29, 0.717) is 44.7 Å². The van der Waals surface area contributed by atoms with Crippen LogP contribution < -0.4 is 21.1 Å². The lowest BCUT2D eigenvalue weighted by molar-refractivity contribution is 0.249. The number of nitrogens with zero attached hydrogens (tertiary/aromatic N) is 2. The van der Waals surface area contributed by atoms with Crippen molar-refractivity contribution in [3.63, 3.8) is 0 Å². The van der Waals surface area contributed by atoms with E-state index < -0.39 is 22.1 Å². The highest BCUT2D eigenvalue weighted by Gasteiger charge is 2.19. The molecule has 214 valence electrons. The van der Waals surface area contributed by atoms with Crippen LogP contribution in [0.1, 0.15) is 37.9 Å². The Kier molecular flexibility index (Phi) is 9.18. The van der Waals surface area contributed by atoms with E-state index in [-0.39, 0.29) is 10.4 Å². The van der Waals surface area contributed by atoms with Gasteiger partial charge in [0.1, 0.15) is 0 Å². The fourth-order valence-corrected chi connectivity index (χ4v) is 5.78. The maximum Gasteiger partial charge on any atom is 0.319 e. The fourth-order valence-electron chi connectivity index (χ4n) is 4.12. The van der Waals surface area contributed by atoms with Gasteiger partial charge < -0.3 is 16.4 Å². The molecule has 0 unspecified atom stereocenters. The molecule has 1 atom stereocenters. The average Bonchev–Trinajstić information content (AvgIpc) is 2.91. The zero-order chi connectivity index (χ0) is 29.8. The third kappa shape index (κ3) is 7.95. The smallest absolute Gasteiger partial charge is 0.319 e. The molecule has 4 rings (SSSR count). The highest BCUT2D eigenvalue weighted by Crippen LogP contribution is 2.37. The van der Waals surface area contributed by atoms with Gasteiger partial charge in [0, 0.05) is 34.9 Å². The van der Waals surface area contributed by atoms with Gasteiger partial charge >= 0.3 is 6.03 Å². The zero-order valence-electron chi connectivity index (χ0n) is 22.7. The molecule has 0 saturated heterocycles. The van der Waals surface area contributed by atoms with Crippen molar-refractivity contribution in [2.24, 2.45) is 5.73 Å². The molecule has 0 bridgehead atoms. The van der Waals surface area contributed by atoms with E-state index in [1.54, 1.807) is 49.8 Å². The molecule has 0 spiro atoms. The van der Waals surface area contributed by atoms with Gasteiger partial charge in [-0.1, -0.05) is 47.5 Å². The number of benzene rings is 3. The van der Waals surface area contributed by atoms with E-state index in [1.807, 2.05) is 26.0 Å². The Balaban J connectivity index is 1.37. The number of carbonyl (C=O) groups excluding carboxylic acids is 1. The molecule has 0 saturated carbocycles. The van der Waals surface area contributed by atoms with Crippen LogP contribution in [0.3, 0.4) is 0 Å². The number of nitrogens with one attached hydrogen (secondary N) is 3. The molecular formula is C29H30Cl2N6O3S. The van der Waals surface area contributed by atoms with Crippen molar-refractivity contribution < 1.29 is 13.2 Å². The lowest BCUT2D eigenvalue weighted by atomic mass is 9.96. The molecule has 41 heavy (non-hydrogen) atoms. The molecule has 2 amide bonds. The standard InChI is InChI=1S/C29H30Cl2N6O3S/c1-18(23-12-13-24(27(31)26(23)30)25-17-33-14-15-34-25)35-28(38)36-20-8-10-22(11-9-20)41(39,40)37-21-6-4-19(5-7-21)16-29(2,3)32/h4-15,17-18,37H,16,32H2,1-3H3,(H2,35,36,38)/t18-/m0/s1. The van der Waals surface area contributed by atoms with Crippen molar-refractivity contribution in [1.29, 1.82) is 0 Å². The van der Waals surface area contributed by atoms with Crippen LogP contribution in [0.2, 0.25) is 10.0 Å². The largest absolute Gasteiger partial charge is 0.331 e. The first-order chi connectivity index (χ1) is 19.3. The molecule has 0 aliphatic heterocycles. The Hall–Kier alpha value is -3.70. The Morgan fingerprint density at radius 2 is 1.61 bits per heavy atom. The summed E-state index contributed by atoms with van der Waals surface area (Å²) < 4.78 is 28.3. The summed E-state index contributed by atoms with van der Waals surface area (Å²) in [5.74, 6) is 0. The van der Waals surface area contributed by atoms with Crippen LogP contribution in [0.25, 0.3) is 11.3 Å². The molecule has 0 aliphatic rings. The van der Waals surface area contributed by atoms with E-state index in [9.17, 15) is 13.2 Å². The molecule has 1 heterocycles. The molecule has 5 N–H and O–H groups in total. The monoisotopic (exact) mass is 612 g/mol. The van der Waals surface area contributed by atoms with E-state index in [0.717, 1.165) is 5.56 Å². The summed E-state index contributed by atoms with van der Waals surface area (Å²) in [6, 6.07) is 15.5. The molecule has 3 aromatic carbocycles. The minimum atomic E-state index is -3.83. The molecule has 12 heteroatoms. The van der Waals surface area contributed by atoms with E-state index in [1.165, 1.54) is 24.3 Å². The minimum absolute atomic E-state index is 0.0496. The summed E-state index contributed by atoms with van der Waals surface area (Å²) in [5.41, 5.74) is 9.36. The number of urea groups is 1. The Bertz CT molecular complexity index is 1630. The van der Waals surface area contributed by atoms with Crippen molar-refractivity contribution in [1.82, 2.24) is 15.3 Å². The van der Waals surface area contributed by atoms with Gasteiger partial charge in [-0.2, -0.15) is 0 Å². The van der Waals surface area contributed by atoms with Crippen LogP contribution in [-0.4, -0.2) is 30.0 Å². The Labute approximate surface area is 249 Å². The van der Waals surface area contributed by atoms with Gasteiger partial charge in [-0.3, -0.25) is 14.7 Å². The fraction of sp³-hybridized carbons (Fsp3) is 0.207. The Morgan fingerprint density at radius 1 is 0.951 bits per heavy atom. The van der Waals surface area contributed by atoms with Crippen molar-refractivity contribution >= 4 is 50.6 Å². The van der Waals surface area contributed by atoms with Crippen LogP contribution in [0.5, 0.6) is 0 Å². The van der Waals surface area contributed by atoms with Gasteiger partial charge in [-0.25, -0.2) is 13.2 Å². The topological polar surface area (TPSA) is 139 Å². The lowest BCUT2D eigenvalue weighted by Gasteiger charge is -2.18. The normalized spacial score (nSPS) is 12.4. The second kappa shape index (κ2) is 12.4. The summed E-state index contributed by atoms with van der Waals surface area (Å²) in [7, 11) is -3.83. The number of carbonyl (C=O) groups is 1. The van der Waals surface area contributed by atoms with Crippen LogP contribution in [0, 0.1) is 0 Å². The van der Waals surface area contributed by atoms with Crippen molar-refractivity contribution in [2.45, 2.75) is 43.7 Å². The summed E-state index contributed by atoms with van der Waals surface area (Å²) in [5, 5.41) is 6.10. The first-order valence-electron chi connectivity index (χ1n) is 12.6. The van der Waals surface area contributed by atoms with Crippen LogP contribution >= 0.6 is 23.2 Å². The maximum absolute atomic E-state index is 12.9. The Morgan fingerprint density at radius 3 is 2.22 bits per heavy atom. The molecule has 4 aromatic rings. The molecule has 0 aliphatic carbocycles. The van der Waals surface area contributed by atoms with Gasteiger partial charge in [0.25, 0.3) is 10.0 Å². The first-order valence-corrected chi connectivity index (χ1v) is 14.9. The second-order valence-corrected chi connectivity index (χ2v) is 12.7. The van der Waals surface area contributed by atoms with Gasteiger partial charge in [-0.05, 0) is 74.7 Å². The van der Waals surface area contributed by atoms with Gasteiger partial charge in [0.2, 0.25) is 0 Å². The minimum Gasteiger partial charge on any atom is -0.331 e. The zero-order valence-corrected chi connectivity index (χ0v) is 25.0. The number of hydrogen-bond acceptors (Lipinski definition) is 6. The van der Waals surface area contributed by atoms with E-state index in [2.05, 4.69) is 25.3 Å². The molecule has 9 nitrogen and oxygen atoms in total. The number of hydrogen-bond donors (Lipinski definition) is 4. The molecule has 0 fully saturated rings. The average molecular weight is 614 g/mol. The third-order valence-electron chi connectivity index (χ3n) is 6.05. The number of amides is 2. The quantitative estimate of drug-likeness (QED) is 0.172. The third-order valence-corrected chi connectivity index (χ3v) is 8.35. The number of aromatic nitrogens is 2. The maximum atomic E-state index is 12.9. The van der Waals surface area contributed by atoms with Gasteiger partial charge in [-0.15, -0.1) is 0 Å². The van der Waals surface area contributed by atoms with Crippen molar-refractivity contribution in [3.05, 3.63) is 100 Å². The lowest BCUT2D eigenvalue weighted by Crippen LogP contribution is -2.34. The van der Waals surface area contributed by atoms with Crippen LogP contribution in [0.4, 0.5) is 16.2 Å². The summed E-state index contributed by atoms with van der Waals surface area (Å²) in [4.78, 5) is 21.0. The van der Waals surface area contributed by atoms with E-state index in [4.69, 9.17) is 28.9 Å². The van der Waals surface area contributed by atoms with Gasteiger partial charge in [0.15, 0.2) is 0 Å². The number of sulfonamides is 1. The molecular weight excluding hydrogens is 583 g/mol. The van der Waals surface area contributed by atoms with E-state index >= 15 is 0 Å². The highest BCUT2D eigenvalue weighted by molar-refractivity contribution is 7.92. The molecule has 0 radical (unpaired) electrons. The predicted molar refractivity (Wildman–Crippen MR) is 164 cm³/mol. The van der Waals surface area contributed by atoms with Crippen molar-refractivity contribution in [2.75, 3.05) is 10.0 Å². The van der Waals surface area contributed by atoms with Crippen molar-refractivity contribution in [3.8, 4) is 11.3 Å². The number of rotatable bonds is 9. The predicted octanol–water partition coefficient (Wildman–Crippen LogP) is 6.41. The highest BCUT2D eigenvalue weighted by atomic mass is 35.5. The molecule has 1 aromatic heterocycles. The SMILES string of the molecule is C[C@H](NC(=O)Nc1ccc(S(=O)(=O)Nc2ccc(CC(C)(C)N)cc2)cc1)c1ccc(-c2cnccn2)c(Cl)c1Cl. The van der Waals surface area contributed by atoms with Crippen LogP contribution in [0.15, 0.2) is 84.1 Å².